The Morgan fingerprint density at radius 1 is 1.03 bits per heavy atom. The first kappa shape index (κ1) is 20.3. The third-order valence-corrected chi connectivity index (χ3v) is 7.41. The second-order valence-electron chi connectivity index (χ2n) is 9.36. The van der Waals surface area contributed by atoms with Crippen molar-refractivity contribution in [2.24, 2.45) is 0 Å². The zero-order valence-corrected chi connectivity index (χ0v) is 18.4. The lowest BCUT2D eigenvalue weighted by molar-refractivity contribution is 0.0405. The van der Waals surface area contributed by atoms with Crippen LogP contribution in [0.2, 0.25) is 0 Å². The van der Waals surface area contributed by atoms with Gasteiger partial charge in [-0.3, -0.25) is 0 Å². The highest BCUT2D eigenvalue weighted by Gasteiger charge is 2.35. The molecule has 1 N–H and O–H groups in total. The summed E-state index contributed by atoms with van der Waals surface area (Å²) in [5.41, 5.74) is 5.62. The van der Waals surface area contributed by atoms with Gasteiger partial charge in [-0.1, -0.05) is 30.3 Å². The largest absolute Gasteiger partial charge is 0.507 e. The second-order valence-corrected chi connectivity index (χ2v) is 9.36. The zero-order chi connectivity index (χ0) is 20.6. The summed E-state index contributed by atoms with van der Waals surface area (Å²) >= 11 is 0. The van der Waals surface area contributed by atoms with Gasteiger partial charge in [0.05, 0.1) is 0 Å². The third kappa shape index (κ3) is 4.02. The van der Waals surface area contributed by atoms with Crippen molar-refractivity contribution >= 4 is 0 Å². The molecule has 2 heterocycles. The molecule has 2 aliphatic rings. The number of likely N-dealkylation sites (tertiary alicyclic amines) is 1. The molecular formula is C26H35NO2. The van der Waals surface area contributed by atoms with E-state index in [1.807, 2.05) is 13.8 Å². The molecule has 156 valence electrons. The van der Waals surface area contributed by atoms with Crippen molar-refractivity contribution in [3.05, 3.63) is 58.1 Å². The molecule has 1 unspecified atom stereocenters. The Labute approximate surface area is 175 Å². The number of fused-ring (bicyclic) bond motifs is 1. The van der Waals surface area contributed by atoms with Crippen LogP contribution >= 0.6 is 0 Å². The fourth-order valence-corrected chi connectivity index (χ4v) is 5.08. The van der Waals surface area contributed by atoms with Crippen molar-refractivity contribution in [1.29, 1.82) is 0 Å². The lowest BCUT2D eigenvalue weighted by atomic mass is 9.85. The molecule has 0 saturated carbocycles. The van der Waals surface area contributed by atoms with E-state index in [0.29, 0.717) is 11.7 Å². The maximum atomic E-state index is 10.4. The molecule has 2 aromatic rings. The Balaban J connectivity index is 1.37. The van der Waals surface area contributed by atoms with Crippen LogP contribution in [-0.4, -0.2) is 35.2 Å². The van der Waals surface area contributed by atoms with E-state index >= 15 is 0 Å². The molecule has 0 radical (unpaired) electrons. The van der Waals surface area contributed by atoms with E-state index in [2.05, 4.69) is 49.1 Å². The lowest BCUT2D eigenvalue weighted by Crippen LogP contribution is -2.42. The van der Waals surface area contributed by atoms with Gasteiger partial charge in [0.2, 0.25) is 0 Å². The number of phenols is 1. The van der Waals surface area contributed by atoms with Gasteiger partial charge in [0.15, 0.2) is 0 Å². The quantitative estimate of drug-likeness (QED) is 0.726. The SMILES string of the molecule is Cc1c(C)c2c(c(C)c1O)CCC(C)(CCN1CCC(c3ccccc3)CC1)O2. The average Bonchev–Trinajstić information content (AvgIpc) is 2.76. The Morgan fingerprint density at radius 3 is 2.41 bits per heavy atom. The average molecular weight is 394 g/mol. The van der Waals surface area contributed by atoms with E-state index in [4.69, 9.17) is 4.74 Å². The molecule has 1 atom stereocenters. The number of aromatic hydroxyl groups is 1. The highest BCUT2D eigenvalue weighted by molar-refractivity contribution is 5.58. The molecule has 0 aliphatic carbocycles. The number of hydrogen-bond donors (Lipinski definition) is 1. The van der Waals surface area contributed by atoms with Crippen LogP contribution in [-0.2, 0) is 6.42 Å². The van der Waals surface area contributed by atoms with Gasteiger partial charge in [-0.15, -0.1) is 0 Å². The smallest absolute Gasteiger partial charge is 0.127 e. The first-order valence-corrected chi connectivity index (χ1v) is 11.2. The van der Waals surface area contributed by atoms with Crippen LogP contribution in [0.15, 0.2) is 30.3 Å². The van der Waals surface area contributed by atoms with Crippen molar-refractivity contribution < 1.29 is 9.84 Å². The van der Waals surface area contributed by atoms with Gasteiger partial charge in [0.1, 0.15) is 17.1 Å². The maximum absolute atomic E-state index is 10.4. The summed E-state index contributed by atoms with van der Waals surface area (Å²) in [6, 6.07) is 11.0. The topological polar surface area (TPSA) is 32.7 Å². The van der Waals surface area contributed by atoms with E-state index in [-0.39, 0.29) is 5.60 Å². The van der Waals surface area contributed by atoms with Crippen molar-refractivity contribution in [3.63, 3.8) is 0 Å². The van der Waals surface area contributed by atoms with Crippen molar-refractivity contribution in [2.45, 2.75) is 71.3 Å². The van der Waals surface area contributed by atoms with E-state index in [0.717, 1.165) is 48.2 Å². The van der Waals surface area contributed by atoms with Gasteiger partial charge in [-0.05, 0) is 101 Å². The van der Waals surface area contributed by atoms with Crippen LogP contribution in [0.1, 0.15) is 66.3 Å². The molecule has 29 heavy (non-hydrogen) atoms. The Bertz CT molecular complexity index is 868. The summed E-state index contributed by atoms with van der Waals surface area (Å²) in [5.74, 6) is 2.17. The fraction of sp³-hybridized carbons (Fsp3) is 0.538. The van der Waals surface area contributed by atoms with E-state index in [9.17, 15) is 5.11 Å². The monoisotopic (exact) mass is 393 g/mol. The normalized spacial score (nSPS) is 22.9. The molecule has 1 fully saturated rings. The molecule has 3 heteroatoms. The fourth-order valence-electron chi connectivity index (χ4n) is 5.08. The predicted octanol–water partition coefficient (Wildman–Crippen LogP) is 5.67. The summed E-state index contributed by atoms with van der Waals surface area (Å²) < 4.78 is 6.61. The van der Waals surface area contributed by atoms with Crippen LogP contribution in [0.3, 0.4) is 0 Å². The number of rotatable bonds is 4. The van der Waals surface area contributed by atoms with Crippen LogP contribution in [0.4, 0.5) is 0 Å². The molecule has 4 rings (SSSR count). The summed E-state index contributed by atoms with van der Waals surface area (Å²) in [7, 11) is 0. The lowest BCUT2D eigenvalue weighted by Gasteiger charge is -2.40. The summed E-state index contributed by atoms with van der Waals surface area (Å²) in [6.45, 7) is 11.8. The van der Waals surface area contributed by atoms with Gasteiger partial charge in [0.25, 0.3) is 0 Å². The van der Waals surface area contributed by atoms with Gasteiger partial charge < -0.3 is 14.7 Å². The number of nitrogens with zero attached hydrogens (tertiary/aromatic N) is 1. The van der Waals surface area contributed by atoms with Gasteiger partial charge >= 0.3 is 0 Å². The predicted molar refractivity (Wildman–Crippen MR) is 119 cm³/mol. The highest BCUT2D eigenvalue weighted by Crippen LogP contribution is 2.44. The standard InChI is InChI=1S/C26H35NO2/c1-18-19(2)25-23(20(3)24(18)28)10-13-26(4,29-25)14-17-27-15-11-22(12-16-27)21-8-6-5-7-9-21/h5-9,22,28H,10-17H2,1-4H3. The van der Waals surface area contributed by atoms with Crippen molar-refractivity contribution in [2.75, 3.05) is 19.6 Å². The van der Waals surface area contributed by atoms with Crippen LogP contribution in [0, 0.1) is 20.8 Å². The Kier molecular flexibility index (Phi) is 5.61. The molecule has 0 amide bonds. The highest BCUT2D eigenvalue weighted by atomic mass is 16.5. The second kappa shape index (κ2) is 8.02. The van der Waals surface area contributed by atoms with Crippen molar-refractivity contribution in [1.82, 2.24) is 4.90 Å². The van der Waals surface area contributed by atoms with Crippen LogP contribution < -0.4 is 4.74 Å². The van der Waals surface area contributed by atoms with Gasteiger partial charge in [-0.25, -0.2) is 0 Å². The molecule has 0 aromatic heterocycles. The van der Waals surface area contributed by atoms with E-state index < -0.39 is 0 Å². The number of benzene rings is 2. The van der Waals surface area contributed by atoms with Crippen molar-refractivity contribution in [3.8, 4) is 11.5 Å². The number of piperidine rings is 1. The van der Waals surface area contributed by atoms with Crippen LogP contribution in [0.5, 0.6) is 11.5 Å². The van der Waals surface area contributed by atoms with E-state index in [1.165, 1.54) is 37.1 Å². The minimum absolute atomic E-state index is 0.121. The molecule has 2 aromatic carbocycles. The number of phenolic OH excluding ortho intramolecular Hbond substituents is 1. The first-order valence-electron chi connectivity index (χ1n) is 11.2. The molecule has 0 spiro atoms. The van der Waals surface area contributed by atoms with Gasteiger partial charge in [0, 0.05) is 12.1 Å². The molecule has 1 saturated heterocycles. The summed E-state index contributed by atoms with van der Waals surface area (Å²) in [6.07, 6.45) is 5.56. The number of ether oxygens (including phenoxy) is 1. The minimum atomic E-state index is -0.121. The molecule has 2 aliphatic heterocycles. The first-order chi connectivity index (χ1) is 13.9. The third-order valence-electron chi connectivity index (χ3n) is 7.41. The molecule has 3 nitrogen and oxygen atoms in total. The zero-order valence-electron chi connectivity index (χ0n) is 18.4. The Morgan fingerprint density at radius 2 is 1.72 bits per heavy atom. The minimum Gasteiger partial charge on any atom is -0.507 e. The molecular weight excluding hydrogens is 358 g/mol. The number of hydrogen-bond acceptors (Lipinski definition) is 3. The van der Waals surface area contributed by atoms with Crippen LogP contribution in [0.25, 0.3) is 0 Å². The van der Waals surface area contributed by atoms with Gasteiger partial charge in [-0.2, -0.15) is 0 Å². The maximum Gasteiger partial charge on any atom is 0.127 e. The van der Waals surface area contributed by atoms with E-state index in [1.54, 1.807) is 0 Å². The molecule has 0 bridgehead atoms. The Hall–Kier alpha value is -2.00. The summed E-state index contributed by atoms with van der Waals surface area (Å²) in [5, 5.41) is 10.4. The summed E-state index contributed by atoms with van der Waals surface area (Å²) in [4.78, 5) is 2.61.